The monoisotopic (exact) mass is 356 g/mol. The minimum Gasteiger partial charge on any atom is -0.466 e. The van der Waals surface area contributed by atoms with Crippen LogP contribution in [0.5, 0.6) is 0 Å². The Morgan fingerprint density at radius 2 is 2.08 bits per heavy atom. The molecule has 1 saturated heterocycles. The second-order valence-electron chi connectivity index (χ2n) is 6.43. The molecule has 0 unspecified atom stereocenters. The normalized spacial score (nSPS) is 13.8. The van der Waals surface area contributed by atoms with Gasteiger partial charge in [0.15, 0.2) is 0 Å². The van der Waals surface area contributed by atoms with Crippen molar-refractivity contribution in [2.45, 2.75) is 33.1 Å². The number of esters is 1. The van der Waals surface area contributed by atoms with E-state index in [1.165, 1.54) is 12.8 Å². The molecule has 0 atom stereocenters. The predicted molar refractivity (Wildman–Crippen MR) is 101 cm³/mol. The Bertz CT molecular complexity index is 870. The van der Waals surface area contributed by atoms with Crippen molar-refractivity contribution in [3.63, 3.8) is 0 Å². The average molecular weight is 356 g/mol. The van der Waals surface area contributed by atoms with Gasteiger partial charge in [-0.15, -0.1) is 0 Å². The Morgan fingerprint density at radius 1 is 1.35 bits per heavy atom. The number of benzene rings is 1. The molecule has 0 bridgehead atoms. The van der Waals surface area contributed by atoms with Crippen molar-refractivity contribution in [3.8, 4) is 11.4 Å². The molecular weight excluding hydrogens is 332 g/mol. The molecule has 0 spiro atoms. The molecule has 26 heavy (non-hydrogen) atoms. The number of nitrogens with one attached hydrogen (secondary N) is 1. The molecule has 0 saturated carbocycles. The predicted octanol–water partition coefficient (Wildman–Crippen LogP) is 2.03. The number of aromatic nitrogens is 2. The van der Waals surface area contributed by atoms with Crippen LogP contribution in [0.4, 0.5) is 11.4 Å². The highest BCUT2D eigenvalue weighted by molar-refractivity contribution is 5.75. The van der Waals surface area contributed by atoms with E-state index >= 15 is 0 Å². The van der Waals surface area contributed by atoms with Gasteiger partial charge in [0.1, 0.15) is 5.82 Å². The molecule has 1 fully saturated rings. The first-order valence-corrected chi connectivity index (χ1v) is 8.90. The molecule has 1 aromatic carbocycles. The molecule has 0 amide bonds. The smallest absolute Gasteiger partial charge is 0.310 e. The van der Waals surface area contributed by atoms with Gasteiger partial charge < -0.3 is 20.4 Å². The second kappa shape index (κ2) is 7.59. The van der Waals surface area contributed by atoms with Crippen molar-refractivity contribution in [1.29, 1.82) is 0 Å². The number of ether oxygens (including phenoxy) is 1. The molecule has 7 nitrogen and oxygen atoms in total. The fourth-order valence-electron chi connectivity index (χ4n) is 3.26. The summed E-state index contributed by atoms with van der Waals surface area (Å²) in [6.07, 6.45) is 2.27. The molecule has 1 aliphatic heterocycles. The highest BCUT2D eigenvalue weighted by Gasteiger charge is 2.17. The summed E-state index contributed by atoms with van der Waals surface area (Å²) in [6.45, 7) is 5.76. The summed E-state index contributed by atoms with van der Waals surface area (Å²) in [4.78, 5) is 33.5. The van der Waals surface area contributed by atoms with Crippen LogP contribution in [0.15, 0.2) is 23.0 Å². The van der Waals surface area contributed by atoms with E-state index in [1.807, 2.05) is 18.2 Å². The maximum absolute atomic E-state index is 12.4. The van der Waals surface area contributed by atoms with Crippen LogP contribution in [0.2, 0.25) is 0 Å². The highest BCUT2D eigenvalue weighted by Crippen LogP contribution is 2.30. The lowest BCUT2D eigenvalue weighted by Crippen LogP contribution is -2.22. The topological polar surface area (TPSA) is 101 Å². The third kappa shape index (κ3) is 3.71. The number of nitrogens with two attached hydrogens (primary N) is 1. The zero-order chi connectivity index (χ0) is 18.7. The maximum atomic E-state index is 12.4. The largest absolute Gasteiger partial charge is 0.466 e. The van der Waals surface area contributed by atoms with E-state index < -0.39 is 5.97 Å². The molecular formula is C19H24N4O3. The first-order valence-electron chi connectivity index (χ1n) is 8.90. The van der Waals surface area contributed by atoms with Crippen molar-refractivity contribution < 1.29 is 9.53 Å². The number of aryl methyl sites for hydroxylation is 1. The highest BCUT2D eigenvalue weighted by atomic mass is 16.5. The molecule has 7 heteroatoms. The average Bonchev–Trinajstić information content (AvgIpc) is 3.12. The summed E-state index contributed by atoms with van der Waals surface area (Å²) in [5.41, 5.74) is 9.16. The van der Waals surface area contributed by atoms with Crippen molar-refractivity contribution in [2.24, 2.45) is 0 Å². The Labute approximate surface area is 152 Å². The van der Waals surface area contributed by atoms with Crippen molar-refractivity contribution in [1.82, 2.24) is 9.97 Å². The Hall–Kier alpha value is -2.83. The van der Waals surface area contributed by atoms with E-state index in [-0.39, 0.29) is 18.6 Å². The fourth-order valence-corrected chi connectivity index (χ4v) is 3.26. The van der Waals surface area contributed by atoms with Gasteiger partial charge in [-0.25, -0.2) is 4.98 Å². The minimum absolute atomic E-state index is 0.0850. The number of H-pyrrole nitrogens is 1. The van der Waals surface area contributed by atoms with Crippen LogP contribution < -0.4 is 16.2 Å². The van der Waals surface area contributed by atoms with Crippen LogP contribution in [0.3, 0.4) is 0 Å². The Kier molecular flexibility index (Phi) is 5.25. The lowest BCUT2D eigenvalue weighted by Gasteiger charge is -2.20. The molecule has 0 aliphatic carbocycles. The number of nitrogen functional groups attached to an aromatic ring is 1. The number of hydrogen-bond donors (Lipinski definition) is 2. The zero-order valence-electron chi connectivity index (χ0n) is 15.2. The fraction of sp³-hybridized carbons (Fsp3) is 0.421. The van der Waals surface area contributed by atoms with Gasteiger partial charge in [-0.1, -0.05) is 0 Å². The molecule has 138 valence electrons. The summed E-state index contributed by atoms with van der Waals surface area (Å²) in [5, 5.41) is 0. The Morgan fingerprint density at radius 3 is 2.69 bits per heavy atom. The third-order valence-corrected chi connectivity index (χ3v) is 4.60. The van der Waals surface area contributed by atoms with Gasteiger partial charge in [0, 0.05) is 29.9 Å². The van der Waals surface area contributed by atoms with Crippen molar-refractivity contribution in [2.75, 3.05) is 30.3 Å². The molecule has 1 aromatic heterocycles. The van der Waals surface area contributed by atoms with E-state index in [2.05, 4.69) is 14.9 Å². The summed E-state index contributed by atoms with van der Waals surface area (Å²) < 4.78 is 4.91. The van der Waals surface area contributed by atoms with Gasteiger partial charge in [-0.2, -0.15) is 0 Å². The number of nitrogens with zero attached hydrogens (tertiary/aromatic N) is 2. The quantitative estimate of drug-likeness (QED) is 0.628. The number of anilines is 2. The van der Waals surface area contributed by atoms with E-state index in [9.17, 15) is 9.59 Å². The van der Waals surface area contributed by atoms with Gasteiger partial charge in [-0.05, 0) is 44.9 Å². The third-order valence-electron chi connectivity index (χ3n) is 4.60. The summed E-state index contributed by atoms with van der Waals surface area (Å²) in [5.74, 6) is 0.00893. The van der Waals surface area contributed by atoms with E-state index in [4.69, 9.17) is 10.5 Å². The molecule has 3 rings (SSSR count). The number of rotatable bonds is 5. The number of aromatic amines is 1. The second-order valence-corrected chi connectivity index (χ2v) is 6.43. The lowest BCUT2D eigenvalue weighted by molar-refractivity contribution is -0.142. The first-order chi connectivity index (χ1) is 12.5. The van der Waals surface area contributed by atoms with Crippen LogP contribution >= 0.6 is 0 Å². The summed E-state index contributed by atoms with van der Waals surface area (Å²) in [7, 11) is 0. The van der Waals surface area contributed by atoms with Crippen LogP contribution in [-0.4, -0.2) is 35.6 Å². The van der Waals surface area contributed by atoms with E-state index in [1.54, 1.807) is 13.8 Å². The summed E-state index contributed by atoms with van der Waals surface area (Å²) >= 11 is 0. The van der Waals surface area contributed by atoms with Gasteiger partial charge in [0.25, 0.3) is 5.56 Å². The SMILES string of the molecule is CCOC(=O)Cc1c(C)nc(-c2ccc(N3CCCC3)c(N)c2)[nH]c1=O. The molecule has 2 aromatic rings. The number of hydrogen-bond acceptors (Lipinski definition) is 6. The molecule has 0 radical (unpaired) electrons. The molecule has 1 aliphatic rings. The molecule has 2 heterocycles. The van der Waals surface area contributed by atoms with Crippen LogP contribution in [0.1, 0.15) is 31.0 Å². The minimum atomic E-state index is -0.435. The maximum Gasteiger partial charge on any atom is 0.310 e. The van der Waals surface area contributed by atoms with Crippen LogP contribution in [0, 0.1) is 6.92 Å². The number of carbonyl (C=O) groups excluding carboxylic acids is 1. The van der Waals surface area contributed by atoms with Gasteiger partial charge in [0.05, 0.1) is 24.4 Å². The molecule has 3 N–H and O–H groups in total. The summed E-state index contributed by atoms with van der Waals surface area (Å²) in [6, 6.07) is 5.71. The van der Waals surface area contributed by atoms with Crippen molar-refractivity contribution in [3.05, 3.63) is 39.8 Å². The van der Waals surface area contributed by atoms with Gasteiger partial charge in [-0.3, -0.25) is 9.59 Å². The standard InChI is InChI=1S/C19H24N4O3/c1-3-26-17(24)11-14-12(2)21-18(22-19(14)25)13-6-7-16(15(20)10-13)23-8-4-5-9-23/h6-7,10H,3-5,8-9,11,20H2,1-2H3,(H,21,22,25). The van der Waals surface area contributed by atoms with Crippen LogP contribution in [0.25, 0.3) is 11.4 Å². The van der Waals surface area contributed by atoms with Crippen LogP contribution in [-0.2, 0) is 16.0 Å². The Balaban J connectivity index is 1.89. The zero-order valence-corrected chi connectivity index (χ0v) is 15.2. The van der Waals surface area contributed by atoms with Gasteiger partial charge in [0.2, 0.25) is 0 Å². The number of carbonyl (C=O) groups is 1. The first kappa shape index (κ1) is 18.0. The van der Waals surface area contributed by atoms with Crippen molar-refractivity contribution >= 4 is 17.3 Å². The lowest BCUT2D eigenvalue weighted by atomic mass is 10.1. The van der Waals surface area contributed by atoms with E-state index in [0.29, 0.717) is 22.8 Å². The van der Waals surface area contributed by atoms with E-state index in [0.717, 1.165) is 24.3 Å². The van der Waals surface area contributed by atoms with Gasteiger partial charge >= 0.3 is 5.97 Å².